The average Bonchev–Trinajstić information content (AvgIpc) is 2.79. The molecule has 0 radical (unpaired) electrons. The molecule has 0 spiro atoms. The van der Waals surface area contributed by atoms with Gasteiger partial charge in [0.15, 0.2) is 5.96 Å². The number of guanidine groups is 1. The molecular weight excluding hydrogens is 376 g/mol. The normalized spacial score (nSPS) is 19.3. The minimum Gasteiger partial charge on any atom is -0.381 e. The van der Waals surface area contributed by atoms with Gasteiger partial charge in [-0.2, -0.15) is 0 Å². The fourth-order valence-corrected chi connectivity index (χ4v) is 4.12. The first-order valence-corrected chi connectivity index (χ1v) is 11.7. The first-order valence-electron chi connectivity index (χ1n) is 11.7. The number of benzene rings is 1. The molecule has 1 aromatic rings. The van der Waals surface area contributed by atoms with Crippen molar-refractivity contribution in [2.45, 2.75) is 52.1 Å². The van der Waals surface area contributed by atoms with Crippen LogP contribution in [0.15, 0.2) is 29.3 Å². The van der Waals surface area contributed by atoms with Crippen LogP contribution < -0.4 is 10.6 Å². The van der Waals surface area contributed by atoms with Crippen LogP contribution >= 0.6 is 0 Å². The Bertz CT molecular complexity index is 646. The molecular formula is C24H40N4O2. The molecule has 0 aliphatic carbocycles. The number of hydrogen-bond donors (Lipinski definition) is 2. The molecule has 2 aliphatic heterocycles. The lowest BCUT2D eigenvalue weighted by Gasteiger charge is -2.33. The summed E-state index contributed by atoms with van der Waals surface area (Å²) in [6.07, 6.45) is 4.40. The molecule has 6 nitrogen and oxygen atoms in total. The summed E-state index contributed by atoms with van der Waals surface area (Å²) in [5, 5.41) is 6.82. The summed E-state index contributed by atoms with van der Waals surface area (Å²) in [6.45, 7) is 12.5. The van der Waals surface area contributed by atoms with E-state index in [0.29, 0.717) is 12.0 Å². The molecule has 2 aliphatic rings. The predicted octanol–water partition coefficient (Wildman–Crippen LogP) is 2.82. The lowest BCUT2D eigenvalue weighted by molar-refractivity contribution is 0.0203. The summed E-state index contributed by atoms with van der Waals surface area (Å²) in [7, 11) is 0. The first kappa shape index (κ1) is 23.0. The molecule has 0 amide bonds. The van der Waals surface area contributed by atoms with Gasteiger partial charge in [0.25, 0.3) is 0 Å². The standard InChI is InChI=1S/C24H40N4O2/c1-3-25-24(26-12-6-14-30-19-21-10-15-29-16-11-21)27-17-20(2)28-13-9-22-7-4-5-8-23(22)18-28/h4-5,7-8,20-21H,3,6,9-19H2,1-2H3,(H2,25,26,27). The zero-order chi connectivity index (χ0) is 21.0. The summed E-state index contributed by atoms with van der Waals surface area (Å²) in [5.74, 6) is 1.58. The van der Waals surface area contributed by atoms with Crippen LogP contribution in [0.4, 0.5) is 0 Å². The van der Waals surface area contributed by atoms with Crippen molar-refractivity contribution in [2.24, 2.45) is 10.9 Å². The van der Waals surface area contributed by atoms with E-state index < -0.39 is 0 Å². The maximum Gasteiger partial charge on any atom is 0.191 e. The Labute approximate surface area is 182 Å². The number of hydrogen-bond acceptors (Lipinski definition) is 4. The van der Waals surface area contributed by atoms with Gasteiger partial charge in [-0.15, -0.1) is 0 Å². The van der Waals surface area contributed by atoms with Gasteiger partial charge in [-0.05, 0) is 56.6 Å². The quantitative estimate of drug-likeness (QED) is 0.349. The van der Waals surface area contributed by atoms with Gasteiger partial charge in [-0.3, -0.25) is 9.89 Å². The third-order valence-electron chi connectivity index (χ3n) is 6.09. The summed E-state index contributed by atoms with van der Waals surface area (Å²) < 4.78 is 11.3. The largest absolute Gasteiger partial charge is 0.381 e. The van der Waals surface area contributed by atoms with Gasteiger partial charge >= 0.3 is 0 Å². The van der Waals surface area contributed by atoms with Gasteiger partial charge in [0, 0.05) is 58.6 Å². The molecule has 0 aromatic heterocycles. The Morgan fingerprint density at radius 2 is 2.03 bits per heavy atom. The van der Waals surface area contributed by atoms with Crippen LogP contribution in [0.1, 0.15) is 44.2 Å². The van der Waals surface area contributed by atoms with Crippen LogP contribution in [0.5, 0.6) is 0 Å². The van der Waals surface area contributed by atoms with Crippen molar-refractivity contribution in [3.63, 3.8) is 0 Å². The van der Waals surface area contributed by atoms with E-state index in [0.717, 1.165) is 90.8 Å². The molecule has 2 heterocycles. The zero-order valence-electron chi connectivity index (χ0n) is 18.9. The monoisotopic (exact) mass is 416 g/mol. The van der Waals surface area contributed by atoms with E-state index in [-0.39, 0.29) is 0 Å². The van der Waals surface area contributed by atoms with Gasteiger partial charge in [0.05, 0.1) is 6.54 Å². The number of rotatable bonds is 10. The summed E-state index contributed by atoms with van der Waals surface area (Å²) in [4.78, 5) is 7.38. The van der Waals surface area contributed by atoms with Crippen LogP contribution in [-0.2, 0) is 22.4 Å². The maximum absolute atomic E-state index is 5.86. The minimum absolute atomic E-state index is 0.427. The maximum atomic E-state index is 5.86. The van der Waals surface area contributed by atoms with Crippen molar-refractivity contribution in [1.29, 1.82) is 0 Å². The number of aliphatic imine (C=N–C) groups is 1. The van der Waals surface area contributed by atoms with Crippen molar-refractivity contribution in [3.8, 4) is 0 Å². The van der Waals surface area contributed by atoms with E-state index in [1.165, 1.54) is 11.1 Å². The minimum atomic E-state index is 0.427. The number of nitrogens with one attached hydrogen (secondary N) is 2. The number of fused-ring (bicyclic) bond motifs is 1. The lowest BCUT2D eigenvalue weighted by atomic mass is 9.99. The molecule has 0 bridgehead atoms. The molecule has 2 N–H and O–H groups in total. The molecule has 1 unspecified atom stereocenters. The average molecular weight is 417 g/mol. The number of nitrogens with zero attached hydrogens (tertiary/aromatic N) is 2. The Hall–Kier alpha value is -1.63. The highest BCUT2D eigenvalue weighted by Gasteiger charge is 2.20. The smallest absolute Gasteiger partial charge is 0.191 e. The first-order chi connectivity index (χ1) is 14.8. The van der Waals surface area contributed by atoms with Crippen molar-refractivity contribution in [2.75, 3.05) is 52.6 Å². The predicted molar refractivity (Wildman–Crippen MR) is 123 cm³/mol. The van der Waals surface area contributed by atoms with E-state index in [4.69, 9.17) is 14.5 Å². The molecule has 3 rings (SSSR count). The van der Waals surface area contributed by atoms with Crippen molar-refractivity contribution >= 4 is 5.96 Å². The summed E-state index contributed by atoms with van der Waals surface area (Å²) >= 11 is 0. The van der Waals surface area contributed by atoms with E-state index in [2.05, 4.69) is 53.6 Å². The van der Waals surface area contributed by atoms with E-state index in [9.17, 15) is 0 Å². The summed E-state index contributed by atoms with van der Waals surface area (Å²) in [5.41, 5.74) is 2.96. The molecule has 0 saturated carbocycles. The van der Waals surface area contributed by atoms with Gasteiger partial charge < -0.3 is 20.1 Å². The topological polar surface area (TPSA) is 58.1 Å². The molecule has 6 heteroatoms. The van der Waals surface area contributed by atoms with Gasteiger partial charge in [-0.25, -0.2) is 0 Å². The lowest BCUT2D eigenvalue weighted by Crippen LogP contribution is -2.42. The van der Waals surface area contributed by atoms with Crippen LogP contribution in [0.25, 0.3) is 0 Å². The Kier molecular flexibility index (Phi) is 9.93. The third-order valence-corrected chi connectivity index (χ3v) is 6.09. The SMILES string of the molecule is CCNC(=NCC(C)N1CCc2ccccc2C1)NCCCOCC1CCOCC1. The van der Waals surface area contributed by atoms with Crippen molar-refractivity contribution < 1.29 is 9.47 Å². The highest BCUT2D eigenvalue weighted by Crippen LogP contribution is 2.20. The van der Waals surface area contributed by atoms with E-state index in [1.54, 1.807) is 0 Å². The van der Waals surface area contributed by atoms with Gasteiger partial charge in [0.2, 0.25) is 0 Å². The van der Waals surface area contributed by atoms with Crippen molar-refractivity contribution in [1.82, 2.24) is 15.5 Å². The van der Waals surface area contributed by atoms with Crippen LogP contribution in [0.3, 0.4) is 0 Å². The molecule has 168 valence electrons. The van der Waals surface area contributed by atoms with Crippen LogP contribution in [-0.4, -0.2) is 69.5 Å². The highest BCUT2D eigenvalue weighted by atomic mass is 16.5. The second kappa shape index (κ2) is 12.9. The molecule has 1 aromatic carbocycles. The van der Waals surface area contributed by atoms with Crippen LogP contribution in [0.2, 0.25) is 0 Å². The third kappa shape index (κ3) is 7.56. The Morgan fingerprint density at radius 1 is 1.23 bits per heavy atom. The van der Waals surface area contributed by atoms with Gasteiger partial charge in [0.1, 0.15) is 0 Å². The Morgan fingerprint density at radius 3 is 2.83 bits per heavy atom. The molecule has 1 fully saturated rings. The Balaban J connectivity index is 1.34. The number of ether oxygens (including phenoxy) is 2. The second-order valence-electron chi connectivity index (χ2n) is 8.47. The zero-order valence-corrected chi connectivity index (χ0v) is 18.9. The molecule has 1 saturated heterocycles. The molecule has 1 atom stereocenters. The summed E-state index contributed by atoms with van der Waals surface area (Å²) in [6, 6.07) is 9.23. The van der Waals surface area contributed by atoms with Crippen molar-refractivity contribution in [3.05, 3.63) is 35.4 Å². The molecule has 30 heavy (non-hydrogen) atoms. The van der Waals surface area contributed by atoms with Gasteiger partial charge in [-0.1, -0.05) is 24.3 Å². The second-order valence-corrected chi connectivity index (χ2v) is 8.47. The van der Waals surface area contributed by atoms with E-state index >= 15 is 0 Å². The van der Waals surface area contributed by atoms with E-state index in [1.807, 2.05) is 0 Å². The fourth-order valence-electron chi connectivity index (χ4n) is 4.12. The fraction of sp³-hybridized carbons (Fsp3) is 0.708. The highest BCUT2D eigenvalue weighted by molar-refractivity contribution is 5.79. The van der Waals surface area contributed by atoms with Crippen LogP contribution in [0, 0.1) is 5.92 Å².